The highest BCUT2D eigenvalue weighted by Gasteiger charge is 2.17. The van der Waals surface area contributed by atoms with E-state index in [1.807, 2.05) is 30.3 Å². The van der Waals surface area contributed by atoms with E-state index in [-0.39, 0.29) is 5.54 Å². The molecule has 0 amide bonds. The van der Waals surface area contributed by atoms with Crippen LogP contribution in [0.25, 0.3) is 0 Å². The van der Waals surface area contributed by atoms with Crippen molar-refractivity contribution < 1.29 is 4.74 Å². The Hall–Kier alpha value is -1.02. The van der Waals surface area contributed by atoms with Crippen LogP contribution in [0.3, 0.4) is 0 Å². The van der Waals surface area contributed by atoms with Gasteiger partial charge in [-0.1, -0.05) is 82.9 Å². The van der Waals surface area contributed by atoms with Gasteiger partial charge in [-0.2, -0.15) is 0 Å². The van der Waals surface area contributed by atoms with Gasteiger partial charge in [0.25, 0.3) is 0 Å². The average Bonchev–Trinajstić information content (AvgIpc) is 2.59. The van der Waals surface area contributed by atoms with Crippen molar-refractivity contribution in [3.8, 4) is 5.75 Å². The molecule has 2 heteroatoms. The molecule has 0 atom stereocenters. The van der Waals surface area contributed by atoms with Gasteiger partial charge >= 0.3 is 0 Å². The number of hydrogen-bond donors (Lipinski definition) is 1. The Morgan fingerprint density at radius 2 is 1.33 bits per heavy atom. The Bertz CT molecular complexity index is 388. The molecule has 0 saturated heterocycles. The van der Waals surface area contributed by atoms with Crippen molar-refractivity contribution >= 4 is 0 Å². The lowest BCUT2D eigenvalue weighted by molar-refractivity contribution is 0.208. The summed E-state index contributed by atoms with van der Waals surface area (Å²) in [6.45, 7) is 8.50. The largest absolute Gasteiger partial charge is 0.492 e. The van der Waals surface area contributed by atoms with Crippen molar-refractivity contribution in [2.24, 2.45) is 0 Å². The second-order valence-corrected chi connectivity index (χ2v) is 7.59. The molecular formula is C22H39NO. The van der Waals surface area contributed by atoms with Crippen LogP contribution in [0, 0.1) is 0 Å². The molecular weight excluding hydrogens is 294 g/mol. The maximum Gasteiger partial charge on any atom is 0.119 e. The van der Waals surface area contributed by atoms with E-state index in [0.29, 0.717) is 6.61 Å². The third-order valence-electron chi connectivity index (χ3n) is 4.48. The molecule has 0 heterocycles. The van der Waals surface area contributed by atoms with E-state index in [1.165, 1.54) is 64.2 Å². The molecule has 0 unspecified atom stereocenters. The number of unbranched alkanes of at least 4 members (excludes halogenated alkanes) is 9. The molecule has 24 heavy (non-hydrogen) atoms. The topological polar surface area (TPSA) is 21.3 Å². The summed E-state index contributed by atoms with van der Waals surface area (Å²) >= 11 is 0. The molecule has 1 N–H and O–H groups in total. The second-order valence-electron chi connectivity index (χ2n) is 7.59. The van der Waals surface area contributed by atoms with Gasteiger partial charge in [-0.25, -0.2) is 0 Å². The molecule has 0 aliphatic rings. The molecule has 0 radical (unpaired) electrons. The molecule has 0 aliphatic carbocycles. The summed E-state index contributed by atoms with van der Waals surface area (Å²) in [5, 5.41) is 3.63. The van der Waals surface area contributed by atoms with Crippen LogP contribution in [0.5, 0.6) is 5.75 Å². The van der Waals surface area contributed by atoms with Crippen molar-refractivity contribution in [1.29, 1.82) is 0 Å². The fourth-order valence-corrected chi connectivity index (χ4v) is 2.87. The Labute approximate surface area is 150 Å². The third kappa shape index (κ3) is 11.5. The van der Waals surface area contributed by atoms with E-state index in [1.54, 1.807) is 0 Å². The smallest absolute Gasteiger partial charge is 0.119 e. The fraction of sp³-hybridized carbons (Fsp3) is 0.727. The minimum Gasteiger partial charge on any atom is -0.492 e. The highest BCUT2D eigenvalue weighted by molar-refractivity contribution is 5.21. The van der Waals surface area contributed by atoms with E-state index < -0.39 is 0 Å². The van der Waals surface area contributed by atoms with E-state index in [4.69, 9.17) is 4.74 Å². The molecule has 0 aromatic heterocycles. The number of para-hydroxylation sites is 1. The molecule has 1 aromatic rings. The maximum absolute atomic E-state index is 5.86. The minimum absolute atomic E-state index is 0.0229. The van der Waals surface area contributed by atoms with Crippen LogP contribution in [0.1, 0.15) is 85.0 Å². The first-order valence-corrected chi connectivity index (χ1v) is 10.1. The molecule has 2 nitrogen and oxygen atoms in total. The predicted octanol–water partition coefficient (Wildman–Crippen LogP) is 6.35. The van der Waals surface area contributed by atoms with Crippen molar-refractivity contribution in [2.45, 2.75) is 90.5 Å². The molecule has 1 rings (SSSR count). The maximum atomic E-state index is 5.86. The summed E-state index contributed by atoms with van der Waals surface area (Å²) in [5.74, 6) is 0.950. The zero-order valence-corrected chi connectivity index (χ0v) is 16.3. The van der Waals surface area contributed by atoms with Crippen LogP contribution in [0.15, 0.2) is 30.3 Å². The molecule has 0 spiro atoms. The van der Waals surface area contributed by atoms with Gasteiger partial charge in [0.2, 0.25) is 0 Å². The highest BCUT2D eigenvalue weighted by atomic mass is 16.5. The Morgan fingerprint density at radius 1 is 0.792 bits per heavy atom. The van der Waals surface area contributed by atoms with Crippen LogP contribution in [-0.4, -0.2) is 18.7 Å². The number of hydrogen-bond acceptors (Lipinski definition) is 2. The van der Waals surface area contributed by atoms with Crippen LogP contribution >= 0.6 is 0 Å². The van der Waals surface area contributed by atoms with Gasteiger partial charge in [0.05, 0.1) is 0 Å². The summed E-state index contributed by atoms with van der Waals surface area (Å²) < 4.78 is 5.86. The standard InChI is InChI=1S/C22H39NO/c1-4-5-6-7-8-9-10-11-12-16-19-23-22(2,3)20-24-21-17-14-13-15-18-21/h13-15,17-18,23H,4-12,16,19-20H2,1-3H3. The summed E-state index contributed by atoms with van der Waals surface area (Å²) in [6.07, 6.45) is 13.9. The van der Waals surface area contributed by atoms with Crippen LogP contribution in [0.2, 0.25) is 0 Å². The molecule has 0 fully saturated rings. The first-order chi connectivity index (χ1) is 11.6. The van der Waals surface area contributed by atoms with E-state index in [9.17, 15) is 0 Å². The number of rotatable bonds is 15. The third-order valence-corrected chi connectivity index (χ3v) is 4.48. The number of ether oxygens (including phenoxy) is 1. The lowest BCUT2D eigenvalue weighted by Gasteiger charge is -2.26. The van der Waals surface area contributed by atoms with E-state index >= 15 is 0 Å². The first-order valence-electron chi connectivity index (χ1n) is 10.1. The van der Waals surface area contributed by atoms with Crippen LogP contribution in [0.4, 0.5) is 0 Å². The van der Waals surface area contributed by atoms with Gasteiger partial charge in [0.15, 0.2) is 0 Å². The van der Waals surface area contributed by atoms with Gasteiger partial charge in [-0.05, 0) is 38.9 Å². The van der Waals surface area contributed by atoms with Gasteiger partial charge in [0, 0.05) is 5.54 Å². The van der Waals surface area contributed by atoms with E-state index in [2.05, 4.69) is 26.1 Å². The zero-order valence-electron chi connectivity index (χ0n) is 16.3. The number of nitrogens with one attached hydrogen (secondary N) is 1. The van der Waals surface area contributed by atoms with Gasteiger partial charge in [-0.15, -0.1) is 0 Å². The van der Waals surface area contributed by atoms with Crippen molar-refractivity contribution in [1.82, 2.24) is 5.32 Å². The molecule has 0 bridgehead atoms. The van der Waals surface area contributed by atoms with Crippen molar-refractivity contribution in [3.05, 3.63) is 30.3 Å². The summed E-state index contributed by atoms with van der Waals surface area (Å²) in [7, 11) is 0. The summed E-state index contributed by atoms with van der Waals surface area (Å²) in [5.41, 5.74) is 0.0229. The highest BCUT2D eigenvalue weighted by Crippen LogP contribution is 2.13. The van der Waals surface area contributed by atoms with Crippen LogP contribution < -0.4 is 10.1 Å². The normalized spacial score (nSPS) is 11.6. The molecule has 0 saturated carbocycles. The zero-order chi connectivity index (χ0) is 17.5. The number of benzene rings is 1. The van der Waals surface area contributed by atoms with Gasteiger partial charge in [0.1, 0.15) is 12.4 Å². The van der Waals surface area contributed by atoms with Gasteiger partial charge in [-0.3, -0.25) is 0 Å². The monoisotopic (exact) mass is 333 g/mol. The average molecular weight is 334 g/mol. The second kappa shape index (κ2) is 13.3. The minimum atomic E-state index is 0.0229. The van der Waals surface area contributed by atoms with E-state index in [0.717, 1.165) is 12.3 Å². The Kier molecular flexibility index (Phi) is 11.6. The van der Waals surface area contributed by atoms with Gasteiger partial charge < -0.3 is 10.1 Å². The first kappa shape index (κ1) is 21.0. The van der Waals surface area contributed by atoms with Crippen LogP contribution in [-0.2, 0) is 0 Å². The molecule has 1 aromatic carbocycles. The SMILES string of the molecule is CCCCCCCCCCCCNC(C)(C)COc1ccccc1. The lowest BCUT2D eigenvalue weighted by atomic mass is 10.1. The van der Waals surface area contributed by atoms with Crippen molar-refractivity contribution in [3.63, 3.8) is 0 Å². The molecule has 0 aliphatic heterocycles. The summed E-state index contributed by atoms with van der Waals surface area (Å²) in [6, 6.07) is 10.1. The Balaban J connectivity index is 1.94. The van der Waals surface area contributed by atoms with Crippen molar-refractivity contribution in [2.75, 3.05) is 13.2 Å². The molecule has 138 valence electrons. The predicted molar refractivity (Wildman–Crippen MR) is 106 cm³/mol. The Morgan fingerprint density at radius 3 is 1.92 bits per heavy atom. The quantitative estimate of drug-likeness (QED) is 0.377. The summed E-state index contributed by atoms with van der Waals surface area (Å²) in [4.78, 5) is 0. The fourth-order valence-electron chi connectivity index (χ4n) is 2.87. The lowest BCUT2D eigenvalue weighted by Crippen LogP contribution is -2.45.